The van der Waals surface area contributed by atoms with Crippen LogP contribution in [0.5, 0.6) is 11.6 Å². The Morgan fingerprint density at radius 1 is 1.25 bits per heavy atom. The second-order valence-corrected chi connectivity index (χ2v) is 4.80. The molecule has 20 heavy (non-hydrogen) atoms. The first-order chi connectivity index (χ1) is 9.67. The predicted molar refractivity (Wildman–Crippen MR) is 79.8 cm³/mol. The largest absolute Gasteiger partial charge is 0.438 e. The highest BCUT2D eigenvalue weighted by molar-refractivity contribution is 5.49. The summed E-state index contributed by atoms with van der Waals surface area (Å²) in [4.78, 5) is 8.33. The van der Waals surface area contributed by atoms with Gasteiger partial charge < -0.3 is 10.2 Å². The van der Waals surface area contributed by atoms with E-state index < -0.39 is 0 Å². The van der Waals surface area contributed by atoms with Crippen molar-refractivity contribution >= 4 is 5.82 Å². The molecular weight excluding hydrogens is 252 g/mol. The number of hydrogen-bond donors (Lipinski definition) is 2. The summed E-state index contributed by atoms with van der Waals surface area (Å²) in [5, 5.41) is 0. The molecule has 0 aliphatic heterocycles. The normalized spacial score (nSPS) is 10.7. The van der Waals surface area contributed by atoms with Crippen LogP contribution in [0.4, 0.5) is 5.82 Å². The average molecular weight is 272 g/mol. The van der Waals surface area contributed by atoms with Gasteiger partial charge in [0.25, 0.3) is 0 Å². The fourth-order valence-electron chi connectivity index (χ4n) is 2.08. The fourth-order valence-corrected chi connectivity index (χ4v) is 2.08. The van der Waals surface area contributed by atoms with E-state index in [1.807, 2.05) is 25.1 Å². The summed E-state index contributed by atoms with van der Waals surface area (Å²) < 4.78 is 5.99. The van der Waals surface area contributed by atoms with Crippen molar-refractivity contribution in [2.75, 3.05) is 5.43 Å². The third-order valence-electron chi connectivity index (χ3n) is 3.14. The summed E-state index contributed by atoms with van der Waals surface area (Å²) in [5.74, 6) is 7.81. The predicted octanol–water partition coefficient (Wildman–Crippen LogP) is 3.24. The van der Waals surface area contributed by atoms with Crippen LogP contribution in [0, 0.1) is 0 Å². The van der Waals surface area contributed by atoms with Gasteiger partial charge in [0.2, 0.25) is 5.88 Å². The first-order valence-electron chi connectivity index (χ1n) is 6.74. The van der Waals surface area contributed by atoms with Crippen LogP contribution in [0.2, 0.25) is 0 Å². The summed E-state index contributed by atoms with van der Waals surface area (Å²) in [7, 11) is 0. The van der Waals surface area contributed by atoms with E-state index in [2.05, 4.69) is 35.3 Å². The Hall–Kier alpha value is -2.14. The molecule has 0 amide bonds. The maximum absolute atomic E-state index is 5.99. The molecule has 0 saturated carbocycles. The van der Waals surface area contributed by atoms with E-state index in [1.54, 1.807) is 0 Å². The Morgan fingerprint density at radius 2 is 2.00 bits per heavy atom. The SMILES string of the molecule is CCc1c(NN)ncnc1Oc1ccccc1C(C)C. The zero-order chi connectivity index (χ0) is 14.5. The summed E-state index contributed by atoms with van der Waals surface area (Å²) >= 11 is 0. The monoisotopic (exact) mass is 272 g/mol. The van der Waals surface area contributed by atoms with Crippen LogP contribution in [-0.4, -0.2) is 9.97 Å². The van der Waals surface area contributed by atoms with Crippen LogP contribution in [0.25, 0.3) is 0 Å². The van der Waals surface area contributed by atoms with Crippen molar-refractivity contribution in [1.82, 2.24) is 9.97 Å². The lowest BCUT2D eigenvalue weighted by molar-refractivity contribution is 0.447. The van der Waals surface area contributed by atoms with Gasteiger partial charge in [-0.25, -0.2) is 15.8 Å². The van der Waals surface area contributed by atoms with E-state index >= 15 is 0 Å². The quantitative estimate of drug-likeness (QED) is 0.645. The van der Waals surface area contributed by atoms with Gasteiger partial charge >= 0.3 is 0 Å². The van der Waals surface area contributed by atoms with Crippen LogP contribution < -0.4 is 16.0 Å². The first-order valence-corrected chi connectivity index (χ1v) is 6.74. The second-order valence-electron chi connectivity index (χ2n) is 4.80. The van der Waals surface area contributed by atoms with E-state index in [1.165, 1.54) is 6.33 Å². The average Bonchev–Trinajstić information content (AvgIpc) is 2.47. The molecule has 0 unspecified atom stereocenters. The number of hydrogen-bond acceptors (Lipinski definition) is 5. The van der Waals surface area contributed by atoms with Gasteiger partial charge in [0.05, 0.1) is 5.56 Å². The van der Waals surface area contributed by atoms with Crippen LogP contribution >= 0.6 is 0 Å². The number of ether oxygens (including phenoxy) is 1. The highest BCUT2D eigenvalue weighted by Crippen LogP contribution is 2.32. The third kappa shape index (κ3) is 2.88. The minimum atomic E-state index is 0.380. The molecule has 0 aliphatic rings. The topological polar surface area (TPSA) is 73.1 Å². The number of nitrogens with one attached hydrogen (secondary N) is 1. The van der Waals surface area contributed by atoms with E-state index in [4.69, 9.17) is 10.6 Å². The standard InChI is InChI=1S/C15H20N4O/c1-4-11-14(19-16)17-9-18-15(11)20-13-8-6-5-7-12(13)10(2)3/h5-10H,4,16H2,1-3H3,(H,17,18,19). The van der Waals surface area contributed by atoms with E-state index in [9.17, 15) is 0 Å². The third-order valence-corrected chi connectivity index (χ3v) is 3.14. The molecule has 5 nitrogen and oxygen atoms in total. The molecule has 0 spiro atoms. The smallest absolute Gasteiger partial charge is 0.227 e. The zero-order valence-electron chi connectivity index (χ0n) is 12.1. The highest BCUT2D eigenvalue weighted by atomic mass is 16.5. The Labute approximate surface area is 119 Å². The number of rotatable bonds is 5. The van der Waals surface area contributed by atoms with Crippen molar-refractivity contribution in [3.8, 4) is 11.6 Å². The van der Waals surface area contributed by atoms with Gasteiger partial charge in [0.1, 0.15) is 17.9 Å². The van der Waals surface area contributed by atoms with Gasteiger partial charge in [-0.3, -0.25) is 0 Å². The minimum absolute atomic E-state index is 0.380. The molecule has 0 aliphatic carbocycles. The number of nitrogens with two attached hydrogens (primary N) is 1. The molecule has 0 radical (unpaired) electrons. The van der Waals surface area contributed by atoms with Gasteiger partial charge in [0.15, 0.2) is 0 Å². The molecule has 3 N–H and O–H groups in total. The first kappa shape index (κ1) is 14.3. The van der Waals surface area contributed by atoms with Crippen molar-refractivity contribution in [1.29, 1.82) is 0 Å². The van der Waals surface area contributed by atoms with Crippen LogP contribution in [0.15, 0.2) is 30.6 Å². The second kappa shape index (κ2) is 6.34. The van der Waals surface area contributed by atoms with Gasteiger partial charge in [0, 0.05) is 0 Å². The number of para-hydroxylation sites is 1. The highest BCUT2D eigenvalue weighted by Gasteiger charge is 2.14. The number of anilines is 1. The van der Waals surface area contributed by atoms with Gasteiger partial charge in [-0.05, 0) is 24.0 Å². The van der Waals surface area contributed by atoms with E-state index in [-0.39, 0.29) is 0 Å². The number of benzene rings is 1. The maximum atomic E-state index is 5.99. The molecule has 0 saturated heterocycles. The molecule has 1 aromatic heterocycles. The maximum Gasteiger partial charge on any atom is 0.227 e. The lowest BCUT2D eigenvalue weighted by Crippen LogP contribution is -2.12. The molecular formula is C15H20N4O. The molecule has 0 bridgehead atoms. The lowest BCUT2D eigenvalue weighted by atomic mass is 10.0. The summed E-state index contributed by atoms with van der Waals surface area (Å²) in [6.45, 7) is 6.28. The summed E-state index contributed by atoms with van der Waals surface area (Å²) in [5.41, 5.74) is 4.60. The number of aromatic nitrogens is 2. The molecule has 0 fully saturated rings. The van der Waals surface area contributed by atoms with Crippen molar-refractivity contribution in [2.45, 2.75) is 33.1 Å². The fraction of sp³-hybridized carbons (Fsp3) is 0.333. The number of nitrogens with zero attached hydrogens (tertiary/aromatic N) is 2. The van der Waals surface area contributed by atoms with Crippen LogP contribution in [0.1, 0.15) is 37.8 Å². The molecule has 1 aromatic carbocycles. The Morgan fingerprint density at radius 3 is 2.65 bits per heavy atom. The van der Waals surface area contributed by atoms with Crippen LogP contribution in [-0.2, 0) is 6.42 Å². The Balaban J connectivity index is 2.40. The summed E-state index contributed by atoms with van der Waals surface area (Å²) in [6, 6.07) is 7.98. The molecule has 5 heteroatoms. The van der Waals surface area contributed by atoms with E-state index in [0.29, 0.717) is 17.6 Å². The van der Waals surface area contributed by atoms with Crippen molar-refractivity contribution in [3.05, 3.63) is 41.7 Å². The van der Waals surface area contributed by atoms with Crippen LogP contribution in [0.3, 0.4) is 0 Å². The molecule has 1 heterocycles. The molecule has 2 aromatic rings. The Kier molecular flexibility index (Phi) is 4.53. The van der Waals surface area contributed by atoms with Gasteiger partial charge in [-0.1, -0.05) is 39.0 Å². The molecule has 106 valence electrons. The summed E-state index contributed by atoms with van der Waals surface area (Å²) in [6.07, 6.45) is 2.18. The zero-order valence-corrected chi connectivity index (χ0v) is 12.1. The minimum Gasteiger partial charge on any atom is -0.438 e. The van der Waals surface area contributed by atoms with E-state index in [0.717, 1.165) is 23.3 Å². The lowest BCUT2D eigenvalue weighted by Gasteiger charge is -2.15. The number of hydrazine groups is 1. The van der Waals surface area contributed by atoms with Gasteiger partial charge in [-0.2, -0.15) is 0 Å². The van der Waals surface area contributed by atoms with Crippen molar-refractivity contribution in [2.24, 2.45) is 5.84 Å². The van der Waals surface area contributed by atoms with Gasteiger partial charge in [-0.15, -0.1) is 0 Å². The van der Waals surface area contributed by atoms with Crippen molar-refractivity contribution < 1.29 is 4.74 Å². The van der Waals surface area contributed by atoms with Crippen molar-refractivity contribution in [3.63, 3.8) is 0 Å². The molecule has 2 rings (SSSR count). The Bertz CT molecular complexity index is 584. The molecule has 0 atom stereocenters. The number of nitrogen functional groups attached to an aromatic ring is 1.